The van der Waals surface area contributed by atoms with E-state index >= 15 is 0 Å². The van der Waals surface area contributed by atoms with Crippen molar-refractivity contribution in [3.63, 3.8) is 0 Å². The zero-order valence-electron chi connectivity index (χ0n) is 7.38. The highest BCUT2D eigenvalue weighted by atomic mass is 79.9. The average molecular weight is 263 g/mol. The number of thiophene rings is 1. The highest BCUT2D eigenvalue weighted by Gasteiger charge is 2.05. The van der Waals surface area contributed by atoms with Crippen molar-refractivity contribution in [2.24, 2.45) is 0 Å². The summed E-state index contributed by atoms with van der Waals surface area (Å²) < 4.78 is 5.91. The van der Waals surface area contributed by atoms with Gasteiger partial charge < -0.3 is 4.74 Å². The van der Waals surface area contributed by atoms with Crippen molar-refractivity contribution in [1.82, 2.24) is 0 Å². The van der Waals surface area contributed by atoms with Crippen LogP contribution in [0.15, 0.2) is 15.2 Å². The van der Waals surface area contributed by atoms with Gasteiger partial charge in [0.25, 0.3) is 0 Å². The summed E-state index contributed by atoms with van der Waals surface area (Å²) in [6, 6.07) is 0. The van der Waals surface area contributed by atoms with Crippen LogP contribution in [0.5, 0.6) is 0 Å². The van der Waals surface area contributed by atoms with Crippen molar-refractivity contribution >= 4 is 33.2 Å². The van der Waals surface area contributed by atoms with E-state index in [9.17, 15) is 4.79 Å². The second-order valence-electron chi connectivity index (χ2n) is 2.55. The Morgan fingerprint density at radius 1 is 1.62 bits per heavy atom. The van der Waals surface area contributed by atoms with Gasteiger partial charge in [0.2, 0.25) is 0 Å². The van der Waals surface area contributed by atoms with Gasteiger partial charge in [-0.25, -0.2) is 0 Å². The molecule has 0 N–H and O–H groups in total. The summed E-state index contributed by atoms with van der Waals surface area (Å²) in [4.78, 5) is 11.0. The van der Waals surface area contributed by atoms with Crippen LogP contribution in [0.2, 0.25) is 0 Å². The third-order valence-corrected chi connectivity index (χ3v) is 3.43. The second-order valence-corrected chi connectivity index (χ2v) is 4.15. The Labute approximate surface area is 90.0 Å². The van der Waals surface area contributed by atoms with E-state index in [1.54, 1.807) is 11.3 Å². The Balaban J connectivity index is 2.35. The monoisotopic (exact) mass is 262 g/mol. The van der Waals surface area contributed by atoms with Gasteiger partial charge in [0.1, 0.15) is 0 Å². The van der Waals surface area contributed by atoms with E-state index in [4.69, 9.17) is 4.74 Å². The minimum absolute atomic E-state index is 0.124. The van der Waals surface area contributed by atoms with Gasteiger partial charge in [-0.1, -0.05) is 0 Å². The Morgan fingerprint density at radius 3 is 2.92 bits per heavy atom. The topological polar surface area (TPSA) is 26.3 Å². The number of hydrogen-bond acceptors (Lipinski definition) is 3. The molecule has 4 heteroatoms. The summed E-state index contributed by atoms with van der Waals surface area (Å²) in [5.74, 6) is -0.124. The van der Waals surface area contributed by atoms with Crippen LogP contribution < -0.4 is 0 Å². The first kappa shape index (κ1) is 10.7. The van der Waals surface area contributed by atoms with Gasteiger partial charge in [-0.15, -0.1) is 0 Å². The van der Waals surface area contributed by atoms with Crippen molar-refractivity contribution in [2.75, 3.05) is 6.61 Å². The van der Waals surface area contributed by atoms with Gasteiger partial charge >= 0.3 is 5.97 Å². The number of carbonyl (C=O) groups is 1. The fourth-order valence-corrected chi connectivity index (χ4v) is 2.49. The minimum atomic E-state index is -0.124. The summed E-state index contributed by atoms with van der Waals surface area (Å²) in [6.45, 7) is 2.28. The SMILES string of the molecule is CCOC(=O)CCc1cscc1Br. The van der Waals surface area contributed by atoms with Gasteiger partial charge in [0.15, 0.2) is 0 Å². The van der Waals surface area contributed by atoms with Crippen molar-refractivity contribution < 1.29 is 9.53 Å². The van der Waals surface area contributed by atoms with Crippen LogP contribution in [0.4, 0.5) is 0 Å². The quantitative estimate of drug-likeness (QED) is 0.780. The molecule has 0 fully saturated rings. The van der Waals surface area contributed by atoms with E-state index in [0.717, 1.165) is 10.9 Å². The molecule has 0 bridgehead atoms. The second kappa shape index (κ2) is 5.40. The van der Waals surface area contributed by atoms with E-state index in [-0.39, 0.29) is 5.97 Å². The molecule has 0 atom stereocenters. The normalized spacial score (nSPS) is 10.0. The van der Waals surface area contributed by atoms with E-state index < -0.39 is 0 Å². The molecule has 1 aromatic heterocycles. The highest BCUT2D eigenvalue weighted by molar-refractivity contribution is 9.10. The van der Waals surface area contributed by atoms with Crippen molar-refractivity contribution in [3.8, 4) is 0 Å². The zero-order valence-corrected chi connectivity index (χ0v) is 9.78. The Kier molecular flexibility index (Phi) is 4.45. The largest absolute Gasteiger partial charge is 0.466 e. The number of halogens is 1. The maximum atomic E-state index is 11.0. The Bertz CT molecular complexity index is 283. The van der Waals surface area contributed by atoms with Gasteiger partial charge in [-0.2, -0.15) is 11.3 Å². The average Bonchev–Trinajstić information content (AvgIpc) is 2.48. The fraction of sp³-hybridized carbons (Fsp3) is 0.444. The highest BCUT2D eigenvalue weighted by Crippen LogP contribution is 2.22. The summed E-state index contributed by atoms with van der Waals surface area (Å²) in [5.41, 5.74) is 1.18. The lowest BCUT2D eigenvalue weighted by Gasteiger charge is -2.00. The summed E-state index contributed by atoms with van der Waals surface area (Å²) in [7, 11) is 0. The van der Waals surface area contributed by atoms with E-state index in [1.807, 2.05) is 17.7 Å². The lowest BCUT2D eigenvalue weighted by molar-refractivity contribution is -0.143. The maximum Gasteiger partial charge on any atom is 0.306 e. The standard InChI is InChI=1S/C9H11BrO2S/c1-2-12-9(11)4-3-7-5-13-6-8(7)10/h5-6H,2-4H2,1H3. The fourth-order valence-electron chi connectivity index (χ4n) is 0.956. The van der Waals surface area contributed by atoms with Crippen LogP contribution >= 0.6 is 27.3 Å². The number of rotatable bonds is 4. The van der Waals surface area contributed by atoms with Crippen LogP contribution in [-0.4, -0.2) is 12.6 Å². The van der Waals surface area contributed by atoms with Crippen molar-refractivity contribution in [2.45, 2.75) is 19.8 Å². The van der Waals surface area contributed by atoms with Crippen LogP contribution in [0.3, 0.4) is 0 Å². The van der Waals surface area contributed by atoms with Gasteiger partial charge in [-0.05, 0) is 40.2 Å². The molecule has 1 aromatic rings. The molecule has 0 aromatic carbocycles. The zero-order chi connectivity index (χ0) is 9.68. The number of ether oxygens (including phenoxy) is 1. The van der Waals surface area contributed by atoms with Gasteiger partial charge in [0.05, 0.1) is 6.61 Å². The van der Waals surface area contributed by atoms with Crippen LogP contribution in [0.1, 0.15) is 18.9 Å². The molecule has 0 aliphatic heterocycles. The number of carbonyl (C=O) groups excluding carboxylic acids is 1. The van der Waals surface area contributed by atoms with Gasteiger partial charge in [0, 0.05) is 16.3 Å². The number of hydrogen-bond donors (Lipinski definition) is 0. The van der Waals surface area contributed by atoms with E-state index in [0.29, 0.717) is 13.0 Å². The molecule has 0 aliphatic carbocycles. The first-order valence-electron chi connectivity index (χ1n) is 4.10. The summed E-state index contributed by atoms with van der Waals surface area (Å²) in [6.07, 6.45) is 1.21. The first-order valence-corrected chi connectivity index (χ1v) is 5.83. The molecule has 0 saturated carbocycles. The lowest BCUT2D eigenvalue weighted by Crippen LogP contribution is -2.04. The predicted octanol–water partition coefficient (Wildman–Crippen LogP) is 3.01. The Hall–Kier alpha value is -0.350. The molecule has 0 aliphatic rings. The van der Waals surface area contributed by atoms with Crippen LogP contribution in [0.25, 0.3) is 0 Å². The molecular formula is C9H11BrO2S. The molecule has 1 heterocycles. The molecule has 72 valence electrons. The lowest BCUT2D eigenvalue weighted by atomic mass is 10.2. The predicted molar refractivity (Wildman–Crippen MR) is 57.0 cm³/mol. The molecule has 0 radical (unpaired) electrons. The molecular weight excluding hydrogens is 252 g/mol. The summed E-state index contributed by atoms with van der Waals surface area (Å²) in [5, 5.41) is 4.06. The maximum absolute atomic E-state index is 11.0. The van der Waals surface area contributed by atoms with Crippen molar-refractivity contribution in [3.05, 3.63) is 20.8 Å². The molecule has 2 nitrogen and oxygen atoms in total. The van der Waals surface area contributed by atoms with Gasteiger partial charge in [-0.3, -0.25) is 4.79 Å². The molecule has 0 spiro atoms. The number of esters is 1. The molecule has 0 saturated heterocycles. The first-order chi connectivity index (χ1) is 6.24. The smallest absolute Gasteiger partial charge is 0.306 e. The van der Waals surface area contributed by atoms with E-state index in [1.165, 1.54) is 5.56 Å². The number of aryl methyl sites for hydroxylation is 1. The third kappa shape index (κ3) is 3.48. The molecule has 0 unspecified atom stereocenters. The molecule has 1 rings (SSSR count). The minimum Gasteiger partial charge on any atom is -0.466 e. The van der Waals surface area contributed by atoms with E-state index in [2.05, 4.69) is 15.9 Å². The van der Waals surface area contributed by atoms with Crippen LogP contribution in [0, 0.1) is 0 Å². The third-order valence-electron chi connectivity index (χ3n) is 1.59. The molecule has 0 amide bonds. The molecule has 13 heavy (non-hydrogen) atoms. The summed E-state index contributed by atoms with van der Waals surface area (Å²) >= 11 is 5.05. The van der Waals surface area contributed by atoms with Crippen LogP contribution in [-0.2, 0) is 16.0 Å². The Morgan fingerprint density at radius 2 is 2.38 bits per heavy atom. The van der Waals surface area contributed by atoms with Crippen molar-refractivity contribution in [1.29, 1.82) is 0 Å².